The van der Waals surface area contributed by atoms with Crippen LogP contribution >= 0.6 is 0 Å². The van der Waals surface area contributed by atoms with Gasteiger partial charge in [-0.05, 0) is 115 Å². The molecule has 0 bridgehead atoms. The molecule has 0 unspecified atom stereocenters. The lowest BCUT2D eigenvalue weighted by molar-refractivity contribution is -0.150. The fourth-order valence-corrected chi connectivity index (χ4v) is 14.0. The number of hydrogen-bond acceptors (Lipinski definition) is 9. The van der Waals surface area contributed by atoms with Crippen molar-refractivity contribution in [1.29, 1.82) is 0 Å². The number of likely N-dealkylation sites (tertiary alicyclic amines) is 1. The van der Waals surface area contributed by atoms with E-state index in [4.69, 9.17) is 20.9 Å². The highest BCUT2D eigenvalue weighted by molar-refractivity contribution is 6.91. The topological polar surface area (TPSA) is 190 Å². The fourth-order valence-electron chi connectivity index (χ4n) is 9.94. The number of ether oxygens (including phenoxy) is 2. The zero-order chi connectivity index (χ0) is 44.6. The van der Waals surface area contributed by atoms with Crippen LogP contribution in [0.25, 0.3) is 0 Å². The summed E-state index contributed by atoms with van der Waals surface area (Å²) in [5, 5.41) is 17.2. The Morgan fingerprint density at radius 3 is 2.02 bits per heavy atom. The molecule has 1 spiro atoms. The normalized spacial score (nSPS) is 21.7. The first-order valence-corrected chi connectivity index (χ1v) is 24.4. The number of amides is 4. The summed E-state index contributed by atoms with van der Waals surface area (Å²) in [6.45, 7) is 7.20. The van der Waals surface area contributed by atoms with Gasteiger partial charge in [-0.25, -0.2) is 0 Å². The summed E-state index contributed by atoms with van der Waals surface area (Å²) in [5.41, 5.74) is 15.1. The van der Waals surface area contributed by atoms with Crippen molar-refractivity contribution >= 4 is 65.3 Å². The lowest BCUT2D eigenvalue weighted by Gasteiger charge is -2.37. The summed E-state index contributed by atoms with van der Waals surface area (Å²) in [7, 11) is -0.979. The molecule has 326 valence electrons. The maximum atomic E-state index is 15.6. The van der Waals surface area contributed by atoms with Crippen LogP contribution in [0.3, 0.4) is 0 Å². The van der Waals surface area contributed by atoms with Gasteiger partial charge >= 0.3 is 0 Å². The molecule has 3 aliphatic rings. The van der Waals surface area contributed by atoms with Crippen molar-refractivity contribution in [1.82, 2.24) is 4.90 Å². The van der Waals surface area contributed by atoms with E-state index in [2.05, 4.69) is 42.8 Å². The highest BCUT2D eigenvalue weighted by atomic mass is 28.3. The quantitative estimate of drug-likeness (QED) is 0.0689. The number of nitrogens with two attached hydrogens (primary N) is 2. The average molecular weight is 867 g/mol. The van der Waals surface area contributed by atoms with E-state index < -0.39 is 25.7 Å². The molecule has 63 heavy (non-hydrogen) atoms. The van der Waals surface area contributed by atoms with Gasteiger partial charge in [0, 0.05) is 51.9 Å². The Kier molecular flexibility index (Phi) is 11.9. The van der Waals surface area contributed by atoms with Gasteiger partial charge in [0.1, 0.15) is 5.75 Å². The summed E-state index contributed by atoms with van der Waals surface area (Å²) in [5.74, 6) is -0.681. The second kappa shape index (κ2) is 17.4. The second-order valence-electron chi connectivity index (χ2n) is 17.4. The third-order valence-corrected chi connectivity index (χ3v) is 17.6. The smallest absolute Gasteiger partial charge is 0.264 e. The average Bonchev–Trinajstić information content (AvgIpc) is 3.95. The molecule has 2 saturated heterocycles. The summed E-state index contributed by atoms with van der Waals surface area (Å²) in [4.78, 5) is 59.8. The zero-order valence-corrected chi connectivity index (χ0v) is 37.0. The van der Waals surface area contributed by atoms with Crippen LogP contribution in [0.15, 0.2) is 115 Å². The van der Waals surface area contributed by atoms with Crippen LogP contribution < -0.4 is 36.9 Å². The van der Waals surface area contributed by atoms with Crippen molar-refractivity contribution in [3.05, 3.63) is 138 Å². The number of nitrogens with one attached hydrogen (secondary N) is 2. The predicted molar refractivity (Wildman–Crippen MR) is 248 cm³/mol. The van der Waals surface area contributed by atoms with Crippen molar-refractivity contribution in [2.24, 2.45) is 5.92 Å². The molecule has 0 aliphatic carbocycles. The van der Waals surface area contributed by atoms with E-state index in [1.165, 1.54) is 0 Å². The van der Waals surface area contributed by atoms with Crippen LogP contribution in [0.2, 0.25) is 18.6 Å². The number of hydrogen-bond donors (Lipinski definition) is 5. The van der Waals surface area contributed by atoms with Crippen LogP contribution in [0.4, 0.5) is 28.4 Å². The first kappa shape index (κ1) is 43.2. The van der Waals surface area contributed by atoms with Crippen LogP contribution in [0, 0.1) is 5.92 Å². The van der Waals surface area contributed by atoms with Gasteiger partial charge in [0.05, 0.1) is 52.6 Å². The molecule has 2 fully saturated rings. The number of benzene rings is 5. The lowest BCUT2D eigenvalue weighted by atomic mass is 9.82. The van der Waals surface area contributed by atoms with E-state index >= 15 is 4.79 Å². The van der Waals surface area contributed by atoms with Gasteiger partial charge in [0.2, 0.25) is 5.91 Å². The molecule has 0 saturated carbocycles. The van der Waals surface area contributed by atoms with E-state index in [1.54, 1.807) is 83.6 Å². The third-order valence-electron chi connectivity index (χ3n) is 13.3. The highest BCUT2D eigenvalue weighted by Crippen LogP contribution is 2.60. The molecule has 5 aromatic carbocycles. The van der Waals surface area contributed by atoms with Crippen LogP contribution in [0.1, 0.15) is 58.0 Å². The number of carbonyl (C=O) groups is 4. The highest BCUT2D eigenvalue weighted by Gasteiger charge is 2.66. The van der Waals surface area contributed by atoms with E-state index in [0.29, 0.717) is 51.7 Å². The molecule has 3 heterocycles. The van der Waals surface area contributed by atoms with E-state index in [1.807, 2.05) is 36.4 Å². The molecule has 7 N–H and O–H groups in total. The van der Waals surface area contributed by atoms with Gasteiger partial charge in [-0.15, -0.1) is 0 Å². The maximum Gasteiger partial charge on any atom is 0.264 e. The van der Waals surface area contributed by atoms with Crippen molar-refractivity contribution in [2.45, 2.75) is 69.1 Å². The summed E-state index contributed by atoms with van der Waals surface area (Å²) in [6.07, 6.45) is 0.926. The second-order valence-corrected chi connectivity index (χ2v) is 22.1. The number of carbonyl (C=O) groups excluding carboxylic acids is 4. The Morgan fingerprint density at radius 2 is 1.43 bits per heavy atom. The SMILES string of the molecule is COc1ccc([Si](C)(C)[C@H]2[C@H](CC(=O)N3CCC[C@H]3CO)O[C@@]3(C(=O)N(Cc4ccc(NC(=O)c5ccc(N)cc5)cc4)c4ccc(NC(=O)c5ccc(N)cc5)cc43)[C@@H]2C)cc1. The van der Waals surface area contributed by atoms with Gasteiger partial charge in [-0.1, -0.05) is 49.5 Å². The monoisotopic (exact) mass is 866 g/mol. The minimum atomic E-state index is -2.61. The Bertz CT molecular complexity index is 2520. The Morgan fingerprint density at radius 1 is 0.841 bits per heavy atom. The first-order chi connectivity index (χ1) is 30.2. The Labute approximate surface area is 368 Å². The number of anilines is 5. The molecule has 5 aromatic rings. The first-order valence-electron chi connectivity index (χ1n) is 21.4. The minimum absolute atomic E-state index is 0.0412. The third kappa shape index (κ3) is 8.17. The number of rotatable bonds is 12. The van der Waals surface area contributed by atoms with Gasteiger partial charge in [0.25, 0.3) is 17.7 Å². The minimum Gasteiger partial charge on any atom is -0.497 e. The van der Waals surface area contributed by atoms with Crippen molar-refractivity contribution in [2.75, 3.05) is 47.3 Å². The van der Waals surface area contributed by atoms with E-state index in [9.17, 15) is 19.5 Å². The largest absolute Gasteiger partial charge is 0.497 e. The molecule has 14 heteroatoms. The van der Waals surface area contributed by atoms with Gasteiger partial charge in [-0.3, -0.25) is 19.2 Å². The standard InChI is InChI=1S/C49H54N6O7Si/c1-30-45(63(3,4)40-22-20-39(61-2)21-23-40)43(27-44(57)54-25-5-6-38(54)29-56)62-49(30)41-26-37(53-47(59)33-11-15-35(51)16-12-33)19-24-42(41)55(48(49)60)28-31-7-17-36(18-8-31)52-46(58)32-9-13-34(50)14-10-32/h7-24,26,30,38,43,45,56H,5-6,25,27-29,50-51H2,1-4H3,(H,52,58)(H,53,59)/t30-,38+,43+,45-,49+/m1/s1. The van der Waals surface area contributed by atoms with Crippen LogP contribution in [0.5, 0.6) is 5.75 Å². The molecule has 0 aromatic heterocycles. The van der Waals surface area contributed by atoms with Crippen molar-refractivity contribution in [3.63, 3.8) is 0 Å². The number of aliphatic hydroxyl groups is 1. The number of nitrogens with zero attached hydrogens (tertiary/aromatic N) is 2. The van der Waals surface area contributed by atoms with E-state index in [0.717, 1.165) is 29.3 Å². The predicted octanol–water partition coefficient (Wildman–Crippen LogP) is 6.50. The number of fused-ring (bicyclic) bond motifs is 2. The summed E-state index contributed by atoms with van der Waals surface area (Å²) in [6, 6.07) is 33.9. The number of nitrogen functional groups attached to an aromatic ring is 2. The van der Waals surface area contributed by atoms with Gasteiger partial charge in [-0.2, -0.15) is 0 Å². The molecule has 5 atom stereocenters. The summed E-state index contributed by atoms with van der Waals surface area (Å²) >= 11 is 0. The zero-order valence-electron chi connectivity index (χ0n) is 36.0. The summed E-state index contributed by atoms with van der Waals surface area (Å²) < 4.78 is 12.8. The molecule has 8 rings (SSSR count). The lowest BCUT2D eigenvalue weighted by Crippen LogP contribution is -2.52. The number of aliphatic hydroxyl groups excluding tert-OH is 1. The van der Waals surface area contributed by atoms with Crippen LogP contribution in [-0.2, 0) is 26.5 Å². The fraction of sp³-hybridized carbons (Fsp3) is 0.306. The molecule has 3 aliphatic heterocycles. The Balaban J connectivity index is 1.17. The van der Waals surface area contributed by atoms with Gasteiger partial charge in [0.15, 0.2) is 5.60 Å². The molecule has 0 radical (unpaired) electrons. The van der Waals surface area contributed by atoms with Gasteiger partial charge < -0.3 is 46.5 Å². The maximum absolute atomic E-state index is 15.6. The molecular weight excluding hydrogens is 813 g/mol. The molecule has 13 nitrogen and oxygen atoms in total. The van der Waals surface area contributed by atoms with Crippen molar-refractivity contribution < 1.29 is 33.8 Å². The Hall–Kier alpha value is -6.48. The number of methoxy groups -OCH3 is 1. The molecular formula is C49H54N6O7Si. The molecule has 4 amide bonds. The van der Waals surface area contributed by atoms with Crippen LogP contribution in [-0.4, -0.2) is 74.1 Å². The van der Waals surface area contributed by atoms with E-state index in [-0.39, 0.29) is 54.8 Å². The van der Waals surface area contributed by atoms with Crippen molar-refractivity contribution in [3.8, 4) is 5.75 Å².